The summed E-state index contributed by atoms with van der Waals surface area (Å²) in [5, 5.41) is 0. The molecule has 5 heteroatoms. The number of methoxy groups -OCH3 is 1. The standard InChI is InChI=1S/C24H30N4O/c1-19-9-7-14-26-22(19)17-28(16-6-5-13-25)18-23-20(11-8-15-27-23)21-10-3-4-12-24(21)29-2/h3-4,7-12,14-15H,5-6,13,16-18,25H2,1-2H3. The maximum Gasteiger partial charge on any atom is 0.126 e. The molecule has 0 radical (unpaired) electrons. The number of pyridine rings is 2. The van der Waals surface area contributed by atoms with Gasteiger partial charge in [-0.15, -0.1) is 0 Å². The number of para-hydroxylation sites is 1. The highest BCUT2D eigenvalue weighted by Gasteiger charge is 2.15. The van der Waals surface area contributed by atoms with E-state index in [2.05, 4.69) is 35.0 Å². The van der Waals surface area contributed by atoms with Gasteiger partial charge in [-0.05, 0) is 56.6 Å². The Morgan fingerprint density at radius 3 is 2.31 bits per heavy atom. The summed E-state index contributed by atoms with van der Waals surface area (Å²) >= 11 is 0. The molecule has 0 amide bonds. The van der Waals surface area contributed by atoms with Crippen LogP contribution in [0.3, 0.4) is 0 Å². The second kappa shape index (κ2) is 10.7. The van der Waals surface area contributed by atoms with Crippen LogP contribution in [0.25, 0.3) is 11.1 Å². The van der Waals surface area contributed by atoms with Crippen molar-refractivity contribution in [1.82, 2.24) is 14.9 Å². The Balaban J connectivity index is 1.88. The molecule has 0 saturated heterocycles. The van der Waals surface area contributed by atoms with Crippen LogP contribution in [0.5, 0.6) is 5.75 Å². The molecule has 3 rings (SSSR count). The van der Waals surface area contributed by atoms with Gasteiger partial charge in [-0.3, -0.25) is 14.9 Å². The fourth-order valence-electron chi connectivity index (χ4n) is 3.48. The second-order valence-electron chi connectivity index (χ2n) is 7.17. The number of unbranched alkanes of at least 4 members (excludes halogenated alkanes) is 1. The van der Waals surface area contributed by atoms with Crippen molar-refractivity contribution in [1.29, 1.82) is 0 Å². The van der Waals surface area contributed by atoms with Gasteiger partial charge in [0, 0.05) is 36.6 Å². The maximum absolute atomic E-state index is 5.72. The van der Waals surface area contributed by atoms with Gasteiger partial charge in [0.15, 0.2) is 0 Å². The second-order valence-corrected chi connectivity index (χ2v) is 7.17. The fraction of sp³-hybridized carbons (Fsp3) is 0.333. The first kappa shape index (κ1) is 21.0. The van der Waals surface area contributed by atoms with Gasteiger partial charge in [-0.25, -0.2) is 0 Å². The van der Waals surface area contributed by atoms with E-state index >= 15 is 0 Å². The van der Waals surface area contributed by atoms with Gasteiger partial charge in [0.2, 0.25) is 0 Å². The number of aryl methyl sites for hydroxylation is 1. The number of rotatable bonds is 10. The predicted octanol–water partition coefficient (Wildman–Crippen LogP) is 4.20. The summed E-state index contributed by atoms with van der Waals surface area (Å²) in [6.07, 6.45) is 5.79. The van der Waals surface area contributed by atoms with Crippen LogP contribution < -0.4 is 10.5 Å². The largest absolute Gasteiger partial charge is 0.496 e. The minimum atomic E-state index is 0.715. The lowest BCUT2D eigenvalue weighted by molar-refractivity contribution is 0.246. The van der Waals surface area contributed by atoms with Crippen molar-refractivity contribution in [2.24, 2.45) is 5.73 Å². The van der Waals surface area contributed by atoms with Gasteiger partial charge in [0.1, 0.15) is 5.75 Å². The topological polar surface area (TPSA) is 64.3 Å². The predicted molar refractivity (Wildman–Crippen MR) is 118 cm³/mol. The number of hydrogen-bond donors (Lipinski definition) is 1. The lowest BCUT2D eigenvalue weighted by Crippen LogP contribution is -2.26. The summed E-state index contributed by atoms with van der Waals surface area (Å²) in [5.41, 5.74) is 11.2. The third kappa shape index (κ3) is 5.62. The molecule has 152 valence electrons. The van der Waals surface area contributed by atoms with E-state index in [1.54, 1.807) is 7.11 Å². The molecule has 2 aromatic heterocycles. The summed E-state index contributed by atoms with van der Waals surface area (Å²) in [7, 11) is 1.71. The SMILES string of the molecule is COc1ccccc1-c1cccnc1CN(CCCCN)Cc1ncccc1C. The average Bonchev–Trinajstić information content (AvgIpc) is 2.76. The van der Waals surface area contributed by atoms with Crippen molar-refractivity contribution in [3.8, 4) is 16.9 Å². The Hall–Kier alpha value is -2.76. The van der Waals surface area contributed by atoms with Crippen molar-refractivity contribution in [3.05, 3.63) is 77.9 Å². The van der Waals surface area contributed by atoms with Crippen molar-refractivity contribution in [2.45, 2.75) is 32.9 Å². The molecule has 0 spiro atoms. The molecule has 1 aromatic carbocycles. The van der Waals surface area contributed by atoms with Crippen molar-refractivity contribution < 1.29 is 4.74 Å². The summed E-state index contributed by atoms with van der Waals surface area (Å²) in [6, 6.07) is 16.3. The highest BCUT2D eigenvalue weighted by molar-refractivity contribution is 5.72. The smallest absolute Gasteiger partial charge is 0.126 e. The number of ether oxygens (including phenoxy) is 1. The zero-order valence-electron chi connectivity index (χ0n) is 17.3. The Morgan fingerprint density at radius 1 is 0.862 bits per heavy atom. The molecule has 2 N–H and O–H groups in total. The van der Waals surface area contributed by atoms with Crippen LogP contribution in [-0.2, 0) is 13.1 Å². The number of nitrogens with two attached hydrogens (primary N) is 1. The van der Waals surface area contributed by atoms with Gasteiger partial charge in [-0.1, -0.05) is 30.3 Å². The average molecular weight is 391 g/mol. The molecule has 0 saturated carbocycles. The van der Waals surface area contributed by atoms with E-state index in [0.29, 0.717) is 6.54 Å². The quantitative estimate of drug-likeness (QED) is 0.526. The summed E-state index contributed by atoms with van der Waals surface area (Å²) in [6.45, 7) is 5.32. The van der Waals surface area contributed by atoms with Gasteiger partial charge in [-0.2, -0.15) is 0 Å². The van der Waals surface area contributed by atoms with E-state index in [-0.39, 0.29) is 0 Å². The van der Waals surface area contributed by atoms with Crippen LogP contribution in [-0.4, -0.2) is 35.1 Å². The maximum atomic E-state index is 5.72. The normalized spacial score (nSPS) is 11.0. The molecular formula is C24H30N4O. The molecule has 0 unspecified atom stereocenters. The monoisotopic (exact) mass is 390 g/mol. The zero-order chi connectivity index (χ0) is 20.5. The van der Waals surface area contributed by atoms with E-state index in [4.69, 9.17) is 15.5 Å². The third-order valence-electron chi connectivity index (χ3n) is 5.08. The molecule has 5 nitrogen and oxygen atoms in total. The molecule has 0 atom stereocenters. The lowest BCUT2D eigenvalue weighted by Gasteiger charge is -2.24. The van der Waals surface area contributed by atoms with Crippen molar-refractivity contribution in [2.75, 3.05) is 20.2 Å². The molecule has 0 aliphatic rings. The van der Waals surface area contributed by atoms with E-state index in [1.807, 2.05) is 42.7 Å². The van der Waals surface area contributed by atoms with Crippen LogP contribution in [0.2, 0.25) is 0 Å². The highest BCUT2D eigenvalue weighted by Crippen LogP contribution is 2.32. The molecule has 0 bridgehead atoms. The third-order valence-corrected chi connectivity index (χ3v) is 5.08. The van der Waals surface area contributed by atoms with Crippen molar-refractivity contribution in [3.63, 3.8) is 0 Å². The van der Waals surface area contributed by atoms with E-state index in [9.17, 15) is 0 Å². The van der Waals surface area contributed by atoms with E-state index in [0.717, 1.165) is 60.7 Å². The number of nitrogens with zero attached hydrogens (tertiary/aromatic N) is 3. The Labute approximate surface area is 173 Å². The van der Waals surface area contributed by atoms with Crippen LogP contribution in [0.15, 0.2) is 60.9 Å². The number of hydrogen-bond acceptors (Lipinski definition) is 5. The van der Waals surface area contributed by atoms with E-state index < -0.39 is 0 Å². The lowest BCUT2D eigenvalue weighted by atomic mass is 10.0. The Bertz CT molecular complexity index is 913. The molecule has 3 aromatic rings. The summed E-state index contributed by atoms with van der Waals surface area (Å²) < 4.78 is 5.59. The highest BCUT2D eigenvalue weighted by atomic mass is 16.5. The van der Waals surface area contributed by atoms with Crippen molar-refractivity contribution >= 4 is 0 Å². The first-order valence-electron chi connectivity index (χ1n) is 10.1. The van der Waals surface area contributed by atoms with Gasteiger partial charge < -0.3 is 10.5 Å². The number of aromatic nitrogens is 2. The van der Waals surface area contributed by atoms with Gasteiger partial charge in [0.25, 0.3) is 0 Å². The molecule has 2 heterocycles. The van der Waals surface area contributed by atoms with Crippen LogP contribution >= 0.6 is 0 Å². The molecule has 0 aliphatic carbocycles. The zero-order valence-corrected chi connectivity index (χ0v) is 17.3. The summed E-state index contributed by atoms with van der Waals surface area (Å²) in [4.78, 5) is 11.7. The summed E-state index contributed by atoms with van der Waals surface area (Å²) in [5.74, 6) is 0.858. The Morgan fingerprint density at radius 2 is 1.55 bits per heavy atom. The van der Waals surface area contributed by atoms with Crippen LogP contribution in [0.1, 0.15) is 29.8 Å². The fourth-order valence-corrected chi connectivity index (χ4v) is 3.48. The molecule has 0 fully saturated rings. The Kier molecular flexibility index (Phi) is 7.73. The first-order valence-corrected chi connectivity index (χ1v) is 10.1. The molecule has 29 heavy (non-hydrogen) atoms. The van der Waals surface area contributed by atoms with Gasteiger partial charge in [0.05, 0.1) is 18.5 Å². The van der Waals surface area contributed by atoms with E-state index in [1.165, 1.54) is 5.56 Å². The minimum absolute atomic E-state index is 0.715. The molecular weight excluding hydrogens is 360 g/mol. The number of benzene rings is 1. The first-order chi connectivity index (χ1) is 14.2. The van der Waals surface area contributed by atoms with Crippen LogP contribution in [0.4, 0.5) is 0 Å². The van der Waals surface area contributed by atoms with Crippen LogP contribution in [0, 0.1) is 6.92 Å². The molecule has 0 aliphatic heterocycles. The minimum Gasteiger partial charge on any atom is -0.496 e. The van der Waals surface area contributed by atoms with Gasteiger partial charge >= 0.3 is 0 Å².